The Morgan fingerprint density at radius 2 is 2.06 bits per heavy atom. The van der Waals surface area contributed by atoms with Crippen LogP contribution in [0, 0.1) is 16.0 Å². The molecule has 0 fully saturated rings. The molecule has 0 amide bonds. The maximum atomic E-state index is 10.8. The van der Waals surface area contributed by atoms with Gasteiger partial charge in [-0.1, -0.05) is 13.8 Å². The van der Waals surface area contributed by atoms with Gasteiger partial charge in [-0.05, 0) is 12.0 Å². The SMILES string of the molecule is CNc1cc(N(C)CC(C)C)cc([N+](=O)[O-])c1. The summed E-state index contributed by atoms with van der Waals surface area (Å²) in [5.74, 6) is 0.511. The molecular formula is C12H19N3O2. The Morgan fingerprint density at radius 3 is 2.53 bits per heavy atom. The lowest BCUT2D eigenvalue weighted by Crippen LogP contribution is -2.22. The number of non-ortho nitro benzene ring substituents is 1. The zero-order valence-corrected chi connectivity index (χ0v) is 10.7. The summed E-state index contributed by atoms with van der Waals surface area (Å²) in [5, 5.41) is 13.8. The monoisotopic (exact) mass is 237 g/mol. The number of nitrogens with zero attached hydrogens (tertiary/aromatic N) is 2. The number of hydrogen-bond donors (Lipinski definition) is 1. The molecule has 0 radical (unpaired) electrons. The van der Waals surface area contributed by atoms with Crippen LogP contribution in [0.2, 0.25) is 0 Å². The van der Waals surface area contributed by atoms with Gasteiger partial charge in [0.05, 0.1) is 4.92 Å². The number of anilines is 2. The quantitative estimate of drug-likeness (QED) is 0.632. The van der Waals surface area contributed by atoms with Gasteiger partial charge in [0.25, 0.3) is 5.69 Å². The number of rotatable bonds is 5. The molecule has 0 unspecified atom stereocenters. The summed E-state index contributed by atoms with van der Waals surface area (Å²) in [6.07, 6.45) is 0. The van der Waals surface area contributed by atoms with E-state index in [-0.39, 0.29) is 10.6 Å². The molecule has 1 N–H and O–H groups in total. The van der Waals surface area contributed by atoms with Crippen LogP contribution in [0.4, 0.5) is 17.1 Å². The van der Waals surface area contributed by atoms with E-state index in [1.54, 1.807) is 13.1 Å². The summed E-state index contributed by atoms with van der Waals surface area (Å²) in [6, 6.07) is 5.05. The van der Waals surface area contributed by atoms with Gasteiger partial charge < -0.3 is 10.2 Å². The summed E-state index contributed by atoms with van der Waals surface area (Å²) in [7, 11) is 3.70. The second-order valence-electron chi connectivity index (χ2n) is 4.52. The lowest BCUT2D eigenvalue weighted by atomic mass is 10.2. The minimum absolute atomic E-state index is 0.113. The van der Waals surface area contributed by atoms with Gasteiger partial charge in [-0.2, -0.15) is 0 Å². The molecule has 0 atom stereocenters. The fourth-order valence-corrected chi connectivity index (χ4v) is 1.72. The zero-order valence-electron chi connectivity index (χ0n) is 10.7. The van der Waals surface area contributed by atoms with Crippen molar-refractivity contribution in [3.63, 3.8) is 0 Å². The molecule has 0 aromatic heterocycles. The number of nitro benzene ring substituents is 1. The third kappa shape index (κ3) is 3.62. The van der Waals surface area contributed by atoms with Crippen molar-refractivity contribution in [2.75, 3.05) is 30.9 Å². The second kappa shape index (κ2) is 5.52. The van der Waals surface area contributed by atoms with Gasteiger partial charge >= 0.3 is 0 Å². The molecule has 1 rings (SSSR count). The normalized spacial score (nSPS) is 10.4. The van der Waals surface area contributed by atoms with Crippen molar-refractivity contribution in [1.82, 2.24) is 0 Å². The topological polar surface area (TPSA) is 58.4 Å². The van der Waals surface area contributed by atoms with Crippen LogP contribution < -0.4 is 10.2 Å². The van der Waals surface area contributed by atoms with Crippen LogP contribution in [-0.2, 0) is 0 Å². The van der Waals surface area contributed by atoms with Crippen LogP contribution >= 0.6 is 0 Å². The molecule has 0 heterocycles. The molecular weight excluding hydrogens is 218 g/mol. The van der Waals surface area contributed by atoms with E-state index >= 15 is 0 Å². The highest BCUT2D eigenvalue weighted by Gasteiger charge is 2.12. The number of benzene rings is 1. The molecule has 0 aliphatic heterocycles. The van der Waals surface area contributed by atoms with Gasteiger partial charge in [0.1, 0.15) is 0 Å². The van der Waals surface area contributed by atoms with E-state index in [4.69, 9.17) is 0 Å². The first-order valence-corrected chi connectivity index (χ1v) is 5.62. The number of nitro groups is 1. The molecule has 17 heavy (non-hydrogen) atoms. The van der Waals surface area contributed by atoms with Gasteiger partial charge in [-0.25, -0.2) is 0 Å². The van der Waals surface area contributed by atoms with Crippen LogP contribution in [0.3, 0.4) is 0 Å². The molecule has 0 aliphatic rings. The fourth-order valence-electron chi connectivity index (χ4n) is 1.72. The van der Waals surface area contributed by atoms with Crippen LogP contribution in [0.1, 0.15) is 13.8 Å². The first-order valence-electron chi connectivity index (χ1n) is 5.62. The lowest BCUT2D eigenvalue weighted by Gasteiger charge is -2.22. The fraction of sp³-hybridized carbons (Fsp3) is 0.500. The molecule has 5 nitrogen and oxygen atoms in total. The van der Waals surface area contributed by atoms with Crippen LogP contribution in [0.5, 0.6) is 0 Å². The van der Waals surface area contributed by atoms with Crippen molar-refractivity contribution < 1.29 is 4.92 Å². The molecule has 5 heteroatoms. The largest absolute Gasteiger partial charge is 0.388 e. The van der Waals surface area contributed by atoms with Crippen molar-refractivity contribution >= 4 is 17.1 Å². The van der Waals surface area contributed by atoms with Crippen LogP contribution in [0.15, 0.2) is 18.2 Å². The number of nitrogens with one attached hydrogen (secondary N) is 1. The molecule has 0 aliphatic carbocycles. The highest BCUT2D eigenvalue weighted by Crippen LogP contribution is 2.26. The molecule has 94 valence electrons. The highest BCUT2D eigenvalue weighted by atomic mass is 16.6. The predicted molar refractivity (Wildman–Crippen MR) is 70.8 cm³/mol. The molecule has 0 saturated carbocycles. The zero-order chi connectivity index (χ0) is 13.0. The standard InChI is InChI=1S/C12H19N3O2/c1-9(2)8-14(4)11-5-10(13-3)6-12(7-11)15(16)17/h5-7,9,13H,8H2,1-4H3. The van der Waals surface area contributed by atoms with E-state index < -0.39 is 0 Å². The minimum atomic E-state index is -0.368. The lowest BCUT2D eigenvalue weighted by molar-refractivity contribution is -0.384. The predicted octanol–water partition coefficient (Wildman–Crippen LogP) is 2.73. The van der Waals surface area contributed by atoms with Crippen LogP contribution in [-0.4, -0.2) is 25.6 Å². The van der Waals surface area contributed by atoms with E-state index in [0.717, 1.165) is 17.9 Å². The third-order valence-electron chi connectivity index (χ3n) is 2.48. The molecule has 0 saturated heterocycles. The summed E-state index contributed by atoms with van der Waals surface area (Å²) in [6.45, 7) is 5.10. The summed E-state index contributed by atoms with van der Waals surface area (Å²) in [4.78, 5) is 12.5. The van der Waals surface area contributed by atoms with E-state index in [1.807, 2.05) is 18.0 Å². The van der Waals surface area contributed by atoms with Gasteiger partial charge in [0.2, 0.25) is 0 Å². The Balaban J connectivity index is 3.06. The Hall–Kier alpha value is -1.78. The molecule has 0 bridgehead atoms. The first kappa shape index (κ1) is 13.3. The molecule has 0 spiro atoms. The van der Waals surface area contributed by atoms with E-state index in [0.29, 0.717) is 5.92 Å². The minimum Gasteiger partial charge on any atom is -0.388 e. The van der Waals surface area contributed by atoms with Crippen molar-refractivity contribution in [1.29, 1.82) is 0 Å². The van der Waals surface area contributed by atoms with Gasteiger partial charge in [0, 0.05) is 44.1 Å². The van der Waals surface area contributed by atoms with Gasteiger partial charge in [-0.3, -0.25) is 10.1 Å². The van der Waals surface area contributed by atoms with Crippen molar-refractivity contribution in [2.45, 2.75) is 13.8 Å². The van der Waals surface area contributed by atoms with Crippen LogP contribution in [0.25, 0.3) is 0 Å². The third-order valence-corrected chi connectivity index (χ3v) is 2.48. The highest BCUT2D eigenvalue weighted by molar-refractivity contribution is 5.64. The Morgan fingerprint density at radius 1 is 1.41 bits per heavy atom. The van der Waals surface area contributed by atoms with E-state index in [9.17, 15) is 10.1 Å². The van der Waals surface area contributed by atoms with Crippen molar-refractivity contribution in [3.05, 3.63) is 28.3 Å². The van der Waals surface area contributed by atoms with E-state index in [1.165, 1.54) is 6.07 Å². The molecule has 1 aromatic rings. The van der Waals surface area contributed by atoms with Gasteiger partial charge in [-0.15, -0.1) is 0 Å². The summed E-state index contributed by atoms with van der Waals surface area (Å²) >= 11 is 0. The smallest absolute Gasteiger partial charge is 0.273 e. The first-order chi connectivity index (χ1) is 7.93. The average Bonchev–Trinajstić information content (AvgIpc) is 2.27. The second-order valence-corrected chi connectivity index (χ2v) is 4.52. The summed E-state index contributed by atoms with van der Waals surface area (Å²) < 4.78 is 0. The van der Waals surface area contributed by atoms with E-state index in [2.05, 4.69) is 19.2 Å². The molecule has 1 aromatic carbocycles. The summed E-state index contributed by atoms with van der Waals surface area (Å²) in [5.41, 5.74) is 1.73. The van der Waals surface area contributed by atoms with Crippen molar-refractivity contribution in [2.24, 2.45) is 5.92 Å². The Kier molecular flexibility index (Phi) is 4.31. The average molecular weight is 237 g/mol. The number of hydrogen-bond acceptors (Lipinski definition) is 4. The maximum absolute atomic E-state index is 10.8. The maximum Gasteiger partial charge on any atom is 0.273 e. The van der Waals surface area contributed by atoms with Crippen molar-refractivity contribution in [3.8, 4) is 0 Å². The Bertz CT molecular complexity index is 405. The van der Waals surface area contributed by atoms with Gasteiger partial charge in [0.15, 0.2) is 0 Å². The Labute approximate surface area is 102 Å².